The van der Waals surface area contributed by atoms with E-state index in [0.717, 1.165) is 5.57 Å². The van der Waals surface area contributed by atoms with Crippen molar-refractivity contribution in [1.82, 2.24) is 4.98 Å². The maximum absolute atomic E-state index is 9.99. The molecule has 2 rings (SSSR count). The molecule has 0 spiro atoms. The molecule has 0 aliphatic carbocycles. The third-order valence-electron chi connectivity index (χ3n) is 4.57. The molecule has 0 bridgehead atoms. The number of methoxy groups -OCH3 is 1. The lowest BCUT2D eigenvalue weighted by atomic mass is 9.96. The molecule has 8 heteroatoms. The summed E-state index contributed by atoms with van der Waals surface area (Å²) in [6, 6.07) is 13.7. The highest BCUT2D eigenvalue weighted by Crippen LogP contribution is 2.37. The van der Waals surface area contributed by atoms with Gasteiger partial charge in [0.15, 0.2) is 0 Å². The first-order valence-electron chi connectivity index (χ1n) is 10.3. The Morgan fingerprint density at radius 2 is 1.85 bits per heavy atom. The number of nitriles is 3. The Morgan fingerprint density at radius 3 is 2.44 bits per heavy atom. The highest BCUT2D eigenvalue weighted by Gasteiger charge is 2.21. The molecular weight excluding hydrogens is 446 g/mol. The van der Waals surface area contributed by atoms with Crippen molar-refractivity contribution in [2.75, 3.05) is 38.4 Å². The monoisotopic (exact) mass is 471 g/mol. The van der Waals surface area contributed by atoms with E-state index in [4.69, 9.17) is 14.7 Å². The van der Waals surface area contributed by atoms with Gasteiger partial charge in [0.1, 0.15) is 40.9 Å². The molecule has 0 aliphatic heterocycles. The van der Waals surface area contributed by atoms with Gasteiger partial charge in [-0.3, -0.25) is 0 Å². The minimum absolute atomic E-state index is 0.298. The van der Waals surface area contributed by atoms with Crippen LogP contribution in [0.2, 0.25) is 0 Å². The molecule has 34 heavy (non-hydrogen) atoms. The average molecular weight is 472 g/mol. The van der Waals surface area contributed by atoms with E-state index in [1.807, 2.05) is 18.2 Å². The van der Waals surface area contributed by atoms with Crippen LogP contribution in [-0.2, 0) is 4.74 Å². The van der Waals surface area contributed by atoms with Crippen molar-refractivity contribution < 1.29 is 9.47 Å². The summed E-state index contributed by atoms with van der Waals surface area (Å²) < 4.78 is 10.6. The summed E-state index contributed by atoms with van der Waals surface area (Å²) in [4.78, 5) is 4.53. The number of ether oxygens (including phenoxy) is 2. The van der Waals surface area contributed by atoms with Crippen LogP contribution in [0.5, 0.6) is 5.75 Å². The molecular formula is C26H25N5O2S. The number of rotatable bonds is 11. The zero-order valence-electron chi connectivity index (χ0n) is 19.4. The summed E-state index contributed by atoms with van der Waals surface area (Å²) in [5.74, 6) is 1.55. The molecule has 7 nitrogen and oxygen atoms in total. The average Bonchev–Trinajstić information content (AvgIpc) is 2.86. The Kier molecular flexibility index (Phi) is 10.4. The van der Waals surface area contributed by atoms with Crippen LogP contribution in [-0.4, -0.2) is 38.1 Å². The standard InChI is InChI=1S/C26H25N5O2S/c1-18(14-27)6-5-7-19(2)17-34-26-23(16-29)24(22(15-28)25(30-3)31-26)20-8-10-21(11-9-20)33-13-12-32-4/h5-11H,2,12-13,17H2,1,3-4H3,(H,30,31)/b7-5-,18-6+. The van der Waals surface area contributed by atoms with E-state index in [-0.39, 0.29) is 0 Å². The maximum Gasteiger partial charge on any atom is 0.145 e. The first kappa shape index (κ1) is 26.2. The van der Waals surface area contributed by atoms with Crippen molar-refractivity contribution in [3.63, 3.8) is 0 Å². The van der Waals surface area contributed by atoms with Crippen molar-refractivity contribution >= 4 is 17.6 Å². The minimum Gasteiger partial charge on any atom is -0.491 e. The molecule has 0 saturated carbocycles. The number of anilines is 1. The first-order chi connectivity index (χ1) is 16.5. The Hall–Kier alpha value is -4.03. The fourth-order valence-corrected chi connectivity index (χ4v) is 3.75. The third-order valence-corrected chi connectivity index (χ3v) is 5.66. The van der Waals surface area contributed by atoms with Crippen LogP contribution in [0.15, 0.2) is 65.2 Å². The minimum atomic E-state index is 0.298. The largest absolute Gasteiger partial charge is 0.491 e. The van der Waals surface area contributed by atoms with Crippen molar-refractivity contribution in [2.45, 2.75) is 11.9 Å². The molecule has 0 atom stereocenters. The van der Waals surface area contributed by atoms with Crippen LogP contribution in [0, 0.1) is 34.0 Å². The van der Waals surface area contributed by atoms with E-state index in [9.17, 15) is 10.5 Å². The highest BCUT2D eigenvalue weighted by molar-refractivity contribution is 7.99. The van der Waals surface area contributed by atoms with Crippen molar-refractivity contribution in [3.8, 4) is 35.1 Å². The van der Waals surface area contributed by atoms with Gasteiger partial charge in [0.2, 0.25) is 0 Å². The second kappa shape index (κ2) is 13.5. The zero-order valence-corrected chi connectivity index (χ0v) is 20.2. The van der Waals surface area contributed by atoms with E-state index in [2.05, 4.69) is 35.1 Å². The molecule has 0 unspecified atom stereocenters. The Morgan fingerprint density at radius 1 is 1.15 bits per heavy atom. The van der Waals surface area contributed by atoms with Gasteiger partial charge in [0.25, 0.3) is 0 Å². The van der Waals surface area contributed by atoms with Crippen molar-refractivity contribution in [1.29, 1.82) is 15.8 Å². The second-order valence-electron chi connectivity index (χ2n) is 7.00. The molecule has 1 aromatic heterocycles. The number of thioether (sulfide) groups is 1. The van der Waals surface area contributed by atoms with Crippen LogP contribution >= 0.6 is 11.8 Å². The number of benzene rings is 1. The molecule has 2 aromatic rings. The highest BCUT2D eigenvalue weighted by atomic mass is 32.2. The van der Waals surface area contributed by atoms with Gasteiger partial charge in [-0.15, -0.1) is 11.8 Å². The molecule has 0 amide bonds. The van der Waals surface area contributed by atoms with E-state index < -0.39 is 0 Å². The third kappa shape index (κ3) is 6.98. The summed E-state index contributed by atoms with van der Waals surface area (Å²) in [5, 5.41) is 32.1. The summed E-state index contributed by atoms with van der Waals surface area (Å²) in [7, 11) is 3.29. The summed E-state index contributed by atoms with van der Waals surface area (Å²) in [6.07, 6.45) is 5.28. The van der Waals surface area contributed by atoms with Crippen LogP contribution in [0.4, 0.5) is 5.82 Å². The Balaban J connectivity index is 2.41. The number of pyridine rings is 1. The van der Waals surface area contributed by atoms with Gasteiger partial charge < -0.3 is 14.8 Å². The van der Waals surface area contributed by atoms with Gasteiger partial charge in [-0.25, -0.2) is 4.98 Å². The molecule has 1 aromatic carbocycles. The molecule has 0 radical (unpaired) electrons. The van der Waals surface area contributed by atoms with Gasteiger partial charge in [0.05, 0.1) is 18.2 Å². The number of allylic oxidation sites excluding steroid dienone is 4. The van der Waals surface area contributed by atoms with Gasteiger partial charge in [-0.2, -0.15) is 15.8 Å². The Labute approximate surface area is 204 Å². The van der Waals surface area contributed by atoms with Gasteiger partial charge >= 0.3 is 0 Å². The molecule has 172 valence electrons. The maximum atomic E-state index is 9.99. The van der Waals surface area contributed by atoms with Crippen LogP contribution in [0.25, 0.3) is 11.1 Å². The second-order valence-corrected chi connectivity index (χ2v) is 7.96. The van der Waals surface area contributed by atoms with Crippen molar-refractivity contribution in [2.24, 2.45) is 0 Å². The predicted molar refractivity (Wildman–Crippen MR) is 134 cm³/mol. The number of hydrogen-bond donors (Lipinski definition) is 1. The first-order valence-corrected chi connectivity index (χ1v) is 11.3. The smallest absolute Gasteiger partial charge is 0.145 e. The molecule has 1 heterocycles. The molecule has 0 saturated heterocycles. The zero-order chi connectivity index (χ0) is 24.9. The fraction of sp³-hybridized carbons (Fsp3) is 0.231. The summed E-state index contributed by atoms with van der Waals surface area (Å²) in [6.45, 7) is 6.65. The number of nitrogens with one attached hydrogen (secondary N) is 1. The topological polar surface area (TPSA) is 115 Å². The quantitative estimate of drug-likeness (QED) is 0.205. The van der Waals surface area contributed by atoms with Crippen LogP contribution < -0.4 is 10.1 Å². The number of hydrogen-bond acceptors (Lipinski definition) is 8. The van der Waals surface area contributed by atoms with E-state index in [0.29, 0.717) is 63.4 Å². The van der Waals surface area contributed by atoms with Gasteiger partial charge in [-0.05, 0) is 36.3 Å². The SMILES string of the molecule is C=C(/C=C\C=C(/C)C#N)CSc1nc(NC)c(C#N)c(-c2ccc(OCCOC)cc2)c1C#N. The van der Waals surface area contributed by atoms with E-state index in [1.54, 1.807) is 45.4 Å². The van der Waals surface area contributed by atoms with E-state index >= 15 is 0 Å². The summed E-state index contributed by atoms with van der Waals surface area (Å²) >= 11 is 1.36. The normalized spacial score (nSPS) is 10.9. The lowest BCUT2D eigenvalue weighted by Gasteiger charge is -2.15. The van der Waals surface area contributed by atoms with E-state index in [1.165, 1.54) is 11.8 Å². The van der Waals surface area contributed by atoms with Gasteiger partial charge in [-0.1, -0.05) is 30.9 Å². The lowest BCUT2D eigenvalue weighted by molar-refractivity contribution is 0.146. The van der Waals surface area contributed by atoms with Gasteiger partial charge in [0, 0.05) is 31.0 Å². The van der Waals surface area contributed by atoms with Crippen molar-refractivity contribution in [3.05, 3.63) is 71.3 Å². The lowest BCUT2D eigenvalue weighted by Crippen LogP contribution is -2.05. The predicted octanol–water partition coefficient (Wildman–Crippen LogP) is 5.23. The number of aromatic nitrogens is 1. The van der Waals surface area contributed by atoms with Crippen LogP contribution in [0.3, 0.4) is 0 Å². The number of nitrogens with zero attached hydrogens (tertiary/aromatic N) is 4. The molecule has 0 aliphatic rings. The molecule has 0 fully saturated rings. The fourth-order valence-electron chi connectivity index (χ4n) is 2.89. The molecule has 1 N–H and O–H groups in total. The Bertz CT molecular complexity index is 1210. The van der Waals surface area contributed by atoms with Crippen LogP contribution in [0.1, 0.15) is 18.1 Å². The summed E-state index contributed by atoms with van der Waals surface area (Å²) in [5.41, 5.74) is 3.24.